The van der Waals surface area contributed by atoms with E-state index in [9.17, 15) is 14.7 Å². The Balaban J connectivity index is 2.04. The standard InChI is InChI=1S/C15H19NO4/c17-13(18)15(10-6-1-2-7-11-15)16-14(19)20-12-8-4-3-5-9-12/h3-5,8-9H,1-2,6-7,10-11H2,(H,16,19)(H,17,18). The molecule has 2 rings (SSSR count). The summed E-state index contributed by atoms with van der Waals surface area (Å²) in [6.45, 7) is 0. The van der Waals surface area contributed by atoms with Gasteiger partial charge in [-0.1, -0.05) is 43.9 Å². The summed E-state index contributed by atoms with van der Waals surface area (Å²) >= 11 is 0. The average Bonchev–Trinajstić information content (AvgIpc) is 2.66. The maximum absolute atomic E-state index is 11.9. The Morgan fingerprint density at radius 1 is 1.05 bits per heavy atom. The lowest BCUT2D eigenvalue weighted by Gasteiger charge is -2.28. The minimum atomic E-state index is -1.19. The number of benzene rings is 1. The first kappa shape index (κ1) is 14.4. The van der Waals surface area contributed by atoms with Crippen molar-refractivity contribution in [2.24, 2.45) is 0 Å². The molecule has 0 spiro atoms. The molecule has 1 aromatic rings. The molecule has 1 aromatic carbocycles. The van der Waals surface area contributed by atoms with Crippen molar-refractivity contribution in [1.82, 2.24) is 5.32 Å². The Morgan fingerprint density at radius 3 is 2.20 bits per heavy atom. The van der Waals surface area contributed by atoms with Crippen molar-refractivity contribution >= 4 is 12.1 Å². The summed E-state index contributed by atoms with van der Waals surface area (Å²) in [5, 5.41) is 12.0. The fourth-order valence-corrected chi connectivity index (χ4v) is 2.54. The van der Waals surface area contributed by atoms with Crippen LogP contribution >= 0.6 is 0 Å². The predicted molar refractivity (Wildman–Crippen MR) is 73.7 cm³/mol. The first-order valence-electron chi connectivity index (χ1n) is 6.91. The number of amides is 1. The fourth-order valence-electron chi connectivity index (χ4n) is 2.54. The highest BCUT2D eigenvalue weighted by Gasteiger charge is 2.40. The largest absolute Gasteiger partial charge is 0.480 e. The summed E-state index contributed by atoms with van der Waals surface area (Å²) in [6.07, 6.45) is 3.81. The van der Waals surface area contributed by atoms with Gasteiger partial charge in [0.2, 0.25) is 0 Å². The molecule has 0 aliphatic heterocycles. The molecule has 5 nitrogen and oxygen atoms in total. The van der Waals surface area contributed by atoms with Crippen LogP contribution in [-0.4, -0.2) is 22.7 Å². The number of aliphatic carboxylic acids is 1. The van der Waals surface area contributed by atoms with E-state index in [1.165, 1.54) is 0 Å². The van der Waals surface area contributed by atoms with Crippen molar-refractivity contribution < 1.29 is 19.4 Å². The lowest BCUT2D eigenvalue weighted by atomic mass is 9.90. The van der Waals surface area contributed by atoms with E-state index in [0.717, 1.165) is 25.7 Å². The van der Waals surface area contributed by atoms with Crippen LogP contribution in [0.5, 0.6) is 5.75 Å². The van der Waals surface area contributed by atoms with Crippen LogP contribution < -0.4 is 10.1 Å². The molecule has 0 aromatic heterocycles. The third kappa shape index (κ3) is 3.50. The minimum absolute atomic E-state index is 0.402. The highest BCUT2D eigenvalue weighted by atomic mass is 16.6. The van der Waals surface area contributed by atoms with E-state index in [2.05, 4.69) is 5.32 Å². The number of carbonyl (C=O) groups excluding carboxylic acids is 1. The first-order chi connectivity index (χ1) is 9.62. The number of carbonyl (C=O) groups is 2. The lowest BCUT2D eigenvalue weighted by Crippen LogP contribution is -2.55. The van der Waals surface area contributed by atoms with Crippen LogP contribution in [-0.2, 0) is 4.79 Å². The van der Waals surface area contributed by atoms with Crippen molar-refractivity contribution in [1.29, 1.82) is 0 Å². The zero-order valence-corrected chi connectivity index (χ0v) is 11.3. The quantitative estimate of drug-likeness (QED) is 0.833. The third-order valence-corrected chi connectivity index (χ3v) is 3.66. The van der Waals surface area contributed by atoms with E-state index in [-0.39, 0.29) is 0 Å². The van der Waals surface area contributed by atoms with E-state index in [0.29, 0.717) is 18.6 Å². The van der Waals surface area contributed by atoms with Crippen LogP contribution in [0.15, 0.2) is 30.3 Å². The Morgan fingerprint density at radius 2 is 1.65 bits per heavy atom. The van der Waals surface area contributed by atoms with Crippen molar-refractivity contribution in [2.75, 3.05) is 0 Å². The van der Waals surface area contributed by atoms with Gasteiger partial charge in [-0.15, -0.1) is 0 Å². The van der Waals surface area contributed by atoms with Gasteiger partial charge in [-0.25, -0.2) is 9.59 Å². The molecule has 2 N–H and O–H groups in total. The maximum Gasteiger partial charge on any atom is 0.413 e. The van der Waals surface area contributed by atoms with Gasteiger partial charge < -0.3 is 15.2 Å². The van der Waals surface area contributed by atoms with Gasteiger partial charge in [0.15, 0.2) is 0 Å². The number of ether oxygens (including phenoxy) is 1. The van der Waals surface area contributed by atoms with Crippen molar-refractivity contribution in [3.63, 3.8) is 0 Å². The normalized spacial score (nSPS) is 17.8. The smallest absolute Gasteiger partial charge is 0.413 e. The molecule has 0 saturated heterocycles. The molecule has 0 atom stereocenters. The zero-order valence-electron chi connectivity index (χ0n) is 11.3. The van der Waals surface area contributed by atoms with Crippen LogP contribution in [0.1, 0.15) is 38.5 Å². The molecule has 1 aliphatic carbocycles. The Bertz CT molecular complexity index is 464. The van der Waals surface area contributed by atoms with E-state index < -0.39 is 17.6 Å². The number of nitrogens with one attached hydrogen (secondary N) is 1. The fraction of sp³-hybridized carbons (Fsp3) is 0.467. The number of rotatable bonds is 3. The summed E-state index contributed by atoms with van der Waals surface area (Å²) < 4.78 is 5.12. The molecule has 1 saturated carbocycles. The van der Waals surface area contributed by atoms with Gasteiger partial charge >= 0.3 is 12.1 Å². The molecule has 1 fully saturated rings. The van der Waals surface area contributed by atoms with Gasteiger partial charge in [0.25, 0.3) is 0 Å². The summed E-state index contributed by atoms with van der Waals surface area (Å²) in [5.74, 6) is -0.580. The maximum atomic E-state index is 11.9. The van der Waals surface area contributed by atoms with Crippen LogP contribution in [0.4, 0.5) is 4.79 Å². The number of hydrogen-bond donors (Lipinski definition) is 2. The van der Waals surface area contributed by atoms with Gasteiger partial charge in [-0.3, -0.25) is 0 Å². The predicted octanol–water partition coefficient (Wildman–Crippen LogP) is 2.95. The highest BCUT2D eigenvalue weighted by Crippen LogP contribution is 2.27. The molecular formula is C15H19NO4. The monoisotopic (exact) mass is 277 g/mol. The van der Waals surface area contributed by atoms with E-state index in [4.69, 9.17) is 4.74 Å². The van der Waals surface area contributed by atoms with Crippen LogP contribution in [0.25, 0.3) is 0 Å². The van der Waals surface area contributed by atoms with Crippen molar-refractivity contribution in [3.8, 4) is 5.75 Å². The van der Waals surface area contributed by atoms with Crippen molar-refractivity contribution in [2.45, 2.75) is 44.1 Å². The molecular weight excluding hydrogens is 258 g/mol. The van der Waals surface area contributed by atoms with Gasteiger partial charge in [0.05, 0.1) is 0 Å². The molecule has 0 radical (unpaired) electrons. The van der Waals surface area contributed by atoms with Crippen molar-refractivity contribution in [3.05, 3.63) is 30.3 Å². The number of carboxylic acid groups (broad SMARTS) is 1. The average molecular weight is 277 g/mol. The van der Waals surface area contributed by atoms with E-state index in [1.54, 1.807) is 24.3 Å². The second-order valence-corrected chi connectivity index (χ2v) is 5.13. The summed E-state index contributed by atoms with van der Waals surface area (Å²) in [4.78, 5) is 23.5. The summed E-state index contributed by atoms with van der Waals surface area (Å²) in [7, 11) is 0. The summed E-state index contributed by atoms with van der Waals surface area (Å²) in [5.41, 5.74) is -1.19. The molecule has 20 heavy (non-hydrogen) atoms. The topological polar surface area (TPSA) is 75.6 Å². The number of para-hydroxylation sites is 1. The molecule has 0 heterocycles. The van der Waals surface area contributed by atoms with Gasteiger partial charge in [-0.05, 0) is 25.0 Å². The van der Waals surface area contributed by atoms with Gasteiger partial charge in [0, 0.05) is 0 Å². The molecule has 108 valence electrons. The van der Waals surface area contributed by atoms with Gasteiger partial charge in [-0.2, -0.15) is 0 Å². The SMILES string of the molecule is O=C(NC1(C(=O)O)CCCCCC1)Oc1ccccc1. The number of hydrogen-bond acceptors (Lipinski definition) is 3. The van der Waals surface area contributed by atoms with Crippen LogP contribution in [0.3, 0.4) is 0 Å². The Labute approximate surface area is 117 Å². The van der Waals surface area contributed by atoms with Crippen LogP contribution in [0, 0.1) is 0 Å². The molecule has 1 aliphatic rings. The zero-order chi connectivity index (χ0) is 14.4. The molecule has 0 bridgehead atoms. The minimum Gasteiger partial charge on any atom is -0.480 e. The second-order valence-electron chi connectivity index (χ2n) is 5.13. The lowest BCUT2D eigenvalue weighted by molar-refractivity contribution is -0.145. The van der Waals surface area contributed by atoms with E-state index in [1.807, 2.05) is 6.07 Å². The number of carboxylic acids is 1. The first-order valence-corrected chi connectivity index (χ1v) is 6.91. The molecule has 5 heteroatoms. The summed E-state index contributed by atoms with van der Waals surface area (Å²) in [6, 6.07) is 8.62. The Hall–Kier alpha value is -2.04. The Kier molecular flexibility index (Phi) is 4.61. The second kappa shape index (κ2) is 6.41. The molecule has 0 unspecified atom stereocenters. The van der Waals surface area contributed by atoms with Crippen LogP contribution in [0.2, 0.25) is 0 Å². The highest BCUT2D eigenvalue weighted by molar-refractivity contribution is 5.85. The third-order valence-electron chi connectivity index (χ3n) is 3.66. The van der Waals surface area contributed by atoms with Gasteiger partial charge in [0.1, 0.15) is 11.3 Å². The molecule has 1 amide bonds. The van der Waals surface area contributed by atoms with E-state index >= 15 is 0 Å².